The molecule has 1 aromatic carbocycles. The van der Waals surface area contributed by atoms with Crippen molar-refractivity contribution in [3.63, 3.8) is 0 Å². The summed E-state index contributed by atoms with van der Waals surface area (Å²) >= 11 is 5.25. The molecule has 0 fully saturated rings. The summed E-state index contributed by atoms with van der Waals surface area (Å²) in [5, 5.41) is 0.370. The van der Waals surface area contributed by atoms with Gasteiger partial charge in [-0.1, -0.05) is 0 Å². The van der Waals surface area contributed by atoms with Gasteiger partial charge in [0, 0.05) is 0 Å². The summed E-state index contributed by atoms with van der Waals surface area (Å²) in [7, 11) is 0. The normalized spacial score (nSPS) is 10.7. The van der Waals surface area contributed by atoms with Crippen LogP contribution in [-0.2, 0) is 11.3 Å². The Balaban J connectivity index is 2.40. The van der Waals surface area contributed by atoms with E-state index in [2.05, 4.69) is 0 Å². The van der Waals surface area contributed by atoms with Crippen LogP contribution in [0, 0.1) is 0 Å². The molecule has 0 bridgehead atoms. The molecule has 0 spiro atoms. The molecule has 0 aliphatic heterocycles. The fourth-order valence-electron chi connectivity index (χ4n) is 1.35. The number of benzene rings is 1. The first-order chi connectivity index (χ1) is 7.18. The van der Waals surface area contributed by atoms with Crippen molar-refractivity contribution in [2.45, 2.75) is 13.0 Å². The molecular formula is C10H8ClNO2Se. The van der Waals surface area contributed by atoms with Gasteiger partial charge in [0.25, 0.3) is 0 Å². The van der Waals surface area contributed by atoms with Crippen LogP contribution in [-0.4, -0.2) is 23.5 Å². The number of hydrogen-bond donors (Lipinski definition) is 0. The van der Waals surface area contributed by atoms with Crippen LogP contribution in [0.3, 0.4) is 0 Å². The Hall–Kier alpha value is -0.831. The van der Waals surface area contributed by atoms with Gasteiger partial charge in [-0.05, 0) is 0 Å². The van der Waals surface area contributed by atoms with Crippen LogP contribution < -0.4 is 5.56 Å². The number of halogens is 1. The van der Waals surface area contributed by atoms with Gasteiger partial charge in [0.1, 0.15) is 0 Å². The van der Waals surface area contributed by atoms with Gasteiger partial charge in [0.05, 0.1) is 0 Å². The molecule has 78 valence electrons. The van der Waals surface area contributed by atoms with E-state index in [1.807, 2.05) is 24.3 Å². The van der Waals surface area contributed by atoms with Crippen LogP contribution in [0.2, 0.25) is 0 Å². The molecule has 0 unspecified atom stereocenters. The van der Waals surface area contributed by atoms with Crippen LogP contribution >= 0.6 is 11.6 Å². The van der Waals surface area contributed by atoms with Crippen LogP contribution in [0.5, 0.6) is 0 Å². The molecule has 0 atom stereocenters. The molecule has 0 amide bonds. The van der Waals surface area contributed by atoms with Crippen molar-refractivity contribution in [3.8, 4) is 0 Å². The van der Waals surface area contributed by atoms with Crippen molar-refractivity contribution in [1.29, 1.82) is 0 Å². The summed E-state index contributed by atoms with van der Waals surface area (Å²) in [5.74, 6) is 0. The molecule has 3 nitrogen and oxygen atoms in total. The minimum atomic E-state index is -0.394. The van der Waals surface area contributed by atoms with Gasteiger partial charge in [-0.3, -0.25) is 0 Å². The van der Waals surface area contributed by atoms with E-state index in [9.17, 15) is 9.59 Å². The van der Waals surface area contributed by atoms with Gasteiger partial charge in [-0.25, -0.2) is 0 Å². The molecule has 2 aromatic rings. The summed E-state index contributed by atoms with van der Waals surface area (Å²) < 4.78 is 2.79. The van der Waals surface area contributed by atoms with Crippen molar-refractivity contribution in [1.82, 2.24) is 3.56 Å². The van der Waals surface area contributed by atoms with Crippen LogP contribution in [0.25, 0.3) is 9.65 Å². The predicted octanol–water partition coefficient (Wildman–Crippen LogP) is 1.21. The van der Waals surface area contributed by atoms with Crippen molar-refractivity contribution in [2.24, 2.45) is 0 Å². The maximum atomic E-state index is 11.8. The van der Waals surface area contributed by atoms with E-state index < -0.39 is 5.24 Å². The molecule has 1 aromatic heterocycles. The molecule has 1 heterocycles. The number of rotatable bonds is 3. The van der Waals surface area contributed by atoms with Gasteiger partial charge >= 0.3 is 97.2 Å². The van der Waals surface area contributed by atoms with Crippen LogP contribution in [0.15, 0.2) is 29.1 Å². The molecular weight excluding hydrogens is 281 g/mol. The minimum absolute atomic E-state index is 0.0000154. The van der Waals surface area contributed by atoms with Gasteiger partial charge in [0.15, 0.2) is 0 Å². The van der Waals surface area contributed by atoms with Gasteiger partial charge < -0.3 is 0 Å². The number of aryl methyl sites for hydroxylation is 1. The number of carbonyl (C=O) groups is 1. The molecule has 0 radical (unpaired) electrons. The summed E-state index contributed by atoms with van der Waals surface area (Å²) in [6, 6.07) is 7.55. The van der Waals surface area contributed by atoms with Crippen LogP contribution in [0.4, 0.5) is 0 Å². The third kappa shape index (κ3) is 2.23. The molecule has 0 aliphatic carbocycles. The first-order valence-corrected chi connectivity index (χ1v) is 6.46. The summed E-state index contributed by atoms with van der Waals surface area (Å²) in [5.41, 5.74) is 0.0171. The first-order valence-electron chi connectivity index (χ1n) is 4.45. The third-order valence-corrected chi connectivity index (χ3v) is 4.61. The standard InChI is InChI=1S/C10H8ClNO2Se/c11-9(13)5-6-12-10(14)7-3-1-2-4-8(7)15-12/h1-4H,5-6H2. The zero-order valence-electron chi connectivity index (χ0n) is 7.77. The zero-order valence-corrected chi connectivity index (χ0v) is 10.2. The fourth-order valence-corrected chi connectivity index (χ4v) is 3.52. The van der Waals surface area contributed by atoms with Crippen LogP contribution in [0.1, 0.15) is 6.42 Å². The number of aromatic nitrogens is 1. The van der Waals surface area contributed by atoms with Crippen molar-refractivity contribution >= 4 is 41.2 Å². The Morgan fingerprint density at radius 3 is 2.80 bits per heavy atom. The molecule has 0 saturated carbocycles. The summed E-state index contributed by atoms with van der Waals surface area (Å²) in [6.07, 6.45) is 0.225. The van der Waals surface area contributed by atoms with Crippen molar-refractivity contribution < 1.29 is 4.79 Å². The molecule has 5 heteroatoms. The van der Waals surface area contributed by atoms with Gasteiger partial charge in [-0.2, -0.15) is 0 Å². The number of nitrogens with zero attached hydrogens (tertiary/aromatic N) is 1. The second kappa shape index (κ2) is 4.35. The van der Waals surface area contributed by atoms with E-state index in [1.54, 1.807) is 3.56 Å². The Labute approximate surface area is 97.2 Å². The Bertz CT molecular complexity index is 558. The van der Waals surface area contributed by atoms with E-state index >= 15 is 0 Å². The Morgan fingerprint density at radius 1 is 1.40 bits per heavy atom. The van der Waals surface area contributed by atoms with Crippen molar-refractivity contribution in [2.75, 3.05) is 0 Å². The Kier molecular flexibility index (Phi) is 3.10. The fraction of sp³-hybridized carbons (Fsp3) is 0.200. The van der Waals surface area contributed by atoms with Gasteiger partial charge in [-0.15, -0.1) is 0 Å². The van der Waals surface area contributed by atoms with E-state index in [1.165, 1.54) is 0 Å². The number of carbonyl (C=O) groups excluding carboxylic acids is 1. The van der Waals surface area contributed by atoms with E-state index in [-0.39, 0.29) is 26.7 Å². The third-order valence-electron chi connectivity index (χ3n) is 2.06. The topological polar surface area (TPSA) is 39.1 Å². The predicted molar refractivity (Wildman–Crippen MR) is 60.6 cm³/mol. The SMILES string of the molecule is O=C(Cl)CCn1[se]c2ccccc2c1=O. The zero-order chi connectivity index (χ0) is 10.8. The number of hydrogen-bond acceptors (Lipinski definition) is 2. The quantitative estimate of drug-likeness (QED) is 0.629. The number of fused-ring (bicyclic) bond motifs is 1. The Morgan fingerprint density at radius 2 is 2.13 bits per heavy atom. The van der Waals surface area contributed by atoms with E-state index in [4.69, 9.17) is 11.6 Å². The van der Waals surface area contributed by atoms with Gasteiger partial charge in [0.2, 0.25) is 0 Å². The molecule has 0 N–H and O–H groups in total. The monoisotopic (exact) mass is 289 g/mol. The maximum absolute atomic E-state index is 11.8. The second-order valence-electron chi connectivity index (χ2n) is 3.10. The average Bonchev–Trinajstić information content (AvgIpc) is 2.54. The van der Waals surface area contributed by atoms with E-state index in [0.29, 0.717) is 6.54 Å². The molecule has 0 aliphatic rings. The summed E-state index contributed by atoms with van der Waals surface area (Å²) in [4.78, 5) is 22.4. The second-order valence-corrected chi connectivity index (χ2v) is 5.75. The molecule has 2 rings (SSSR count). The average molecular weight is 289 g/mol. The molecule has 15 heavy (non-hydrogen) atoms. The van der Waals surface area contributed by atoms with E-state index in [0.717, 1.165) is 9.65 Å². The summed E-state index contributed by atoms with van der Waals surface area (Å²) in [6.45, 7) is 0.426. The first kappa shape index (κ1) is 10.7. The molecule has 0 saturated heterocycles. The van der Waals surface area contributed by atoms with Crippen molar-refractivity contribution in [3.05, 3.63) is 34.6 Å².